The number of hydrogen-bond donors (Lipinski definition) is 1. The maximum atomic E-state index is 12.3. The molecule has 0 saturated carbocycles. The minimum Gasteiger partial charge on any atom is -0.497 e. The van der Waals surface area contributed by atoms with Crippen LogP contribution >= 0.6 is 22.9 Å². The van der Waals surface area contributed by atoms with Crippen LogP contribution in [-0.2, 0) is 0 Å². The lowest BCUT2D eigenvalue weighted by molar-refractivity contribution is 0.0701. The quantitative estimate of drug-likeness (QED) is 0.716. The summed E-state index contributed by atoms with van der Waals surface area (Å²) in [6.07, 6.45) is 4.47. The predicted octanol–water partition coefficient (Wildman–Crippen LogP) is 3.30. The summed E-state index contributed by atoms with van der Waals surface area (Å²) in [4.78, 5) is 28.0. The minimum atomic E-state index is -1.13. The van der Waals surface area contributed by atoms with Crippen LogP contribution in [0.5, 0.6) is 11.5 Å². The average Bonchev–Trinajstić information content (AvgIpc) is 3.07. The first-order valence-electron chi connectivity index (χ1n) is 7.29. The summed E-state index contributed by atoms with van der Waals surface area (Å²) in [5.41, 5.74) is 0.417. The largest absolute Gasteiger partial charge is 0.497 e. The van der Waals surface area contributed by atoms with Crippen LogP contribution in [-0.4, -0.2) is 34.7 Å². The first kappa shape index (κ1) is 18.0. The third-order valence-corrected chi connectivity index (χ3v) is 4.90. The summed E-state index contributed by atoms with van der Waals surface area (Å²) in [7, 11) is 3.10. The summed E-state index contributed by atoms with van der Waals surface area (Å²) in [5.74, 6) is 0.124. The zero-order chi connectivity index (χ0) is 18.8. The van der Waals surface area contributed by atoms with E-state index in [0.717, 1.165) is 15.7 Å². The highest BCUT2D eigenvalue weighted by Gasteiger charge is 2.15. The van der Waals surface area contributed by atoms with Gasteiger partial charge >= 0.3 is 5.97 Å². The zero-order valence-electron chi connectivity index (χ0n) is 13.7. The maximum Gasteiger partial charge on any atom is 0.347 e. The molecule has 3 rings (SSSR count). The van der Waals surface area contributed by atoms with Gasteiger partial charge in [0.1, 0.15) is 21.4 Å². The number of aromatic carboxylic acids is 1. The Bertz CT molecular complexity index is 1090. The lowest BCUT2D eigenvalue weighted by Crippen LogP contribution is -2.14. The third kappa shape index (κ3) is 3.29. The molecule has 0 spiro atoms. The molecular weight excluding hydrogens is 380 g/mol. The molecule has 1 aromatic carbocycles. The second-order valence-electron chi connectivity index (χ2n) is 5.11. The number of hydrogen-bond acceptors (Lipinski definition) is 6. The molecule has 2 heterocycles. The highest BCUT2D eigenvalue weighted by molar-refractivity contribution is 7.18. The van der Waals surface area contributed by atoms with Crippen molar-refractivity contribution < 1.29 is 19.4 Å². The van der Waals surface area contributed by atoms with Gasteiger partial charge in [0.2, 0.25) is 0 Å². The molecule has 0 radical (unpaired) electrons. The zero-order valence-corrected chi connectivity index (χ0v) is 15.3. The summed E-state index contributed by atoms with van der Waals surface area (Å²) >= 11 is 7.01. The van der Waals surface area contributed by atoms with E-state index >= 15 is 0 Å². The van der Waals surface area contributed by atoms with Crippen LogP contribution in [0.2, 0.25) is 5.02 Å². The van der Waals surface area contributed by atoms with E-state index in [0.29, 0.717) is 17.1 Å². The average molecular weight is 393 g/mol. The van der Waals surface area contributed by atoms with Crippen molar-refractivity contribution >= 4 is 46.0 Å². The molecule has 0 unspecified atom stereocenters. The van der Waals surface area contributed by atoms with Gasteiger partial charge in [-0.3, -0.25) is 9.20 Å². The van der Waals surface area contributed by atoms with Crippen molar-refractivity contribution in [3.8, 4) is 11.5 Å². The van der Waals surface area contributed by atoms with Crippen molar-refractivity contribution in [1.82, 2.24) is 9.38 Å². The molecule has 0 aliphatic rings. The SMILES string of the molecule is COc1ccc(OC)c(C=Cc2nc3sc(C(=O)O)cn3c(=O)c2Cl)c1. The predicted molar refractivity (Wildman–Crippen MR) is 99.8 cm³/mol. The van der Waals surface area contributed by atoms with Crippen molar-refractivity contribution in [2.45, 2.75) is 0 Å². The number of halogens is 1. The molecule has 9 heteroatoms. The topological polar surface area (TPSA) is 90.1 Å². The smallest absolute Gasteiger partial charge is 0.347 e. The molecule has 0 saturated heterocycles. The fourth-order valence-electron chi connectivity index (χ4n) is 2.28. The maximum absolute atomic E-state index is 12.3. The Kier molecular flexibility index (Phi) is 4.97. The Labute approximate surface area is 156 Å². The van der Waals surface area contributed by atoms with E-state index in [1.165, 1.54) is 6.20 Å². The molecule has 2 aromatic heterocycles. The normalized spacial score (nSPS) is 11.2. The molecule has 3 aromatic rings. The van der Waals surface area contributed by atoms with E-state index in [1.807, 2.05) is 0 Å². The molecule has 0 fully saturated rings. The Morgan fingerprint density at radius 3 is 2.73 bits per heavy atom. The molecule has 1 N–H and O–H groups in total. The van der Waals surface area contributed by atoms with Gasteiger partial charge in [0.05, 0.1) is 19.9 Å². The number of rotatable bonds is 5. The lowest BCUT2D eigenvalue weighted by atomic mass is 10.1. The number of thiazole rings is 1. The van der Waals surface area contributed by atoms with Crippen molar-refractivity contribution in [3.05, 3.63) is 55.9 Å². The Morgan fingerprint density at radius 1 is 1.31 bits per heavy atom. The number of nitrogens with zero attached hydrogens (tertiary/aromatic N) is 2. The van der Waals surface area contributed by atoms with E-state index in [4.69, 9.17) is 26.2 Å². The number of methoxy groups -OCH3 is 2. The highest BCUT2D eigenvalue weighted by atomic mass is 35.5. The van der Waals surface area contributed by atoms with Crippen LogP contribution in [0.25, 0.3) is 17.1 Å². The second kappa shape index (κ2) is 7.19. The van der Waals surface area contributed by atoms with Crippen LogP contribution in [0.15, 0.2) is 29.2 Å². The van der Waals surface area contributed by atoms with Crippen LogP contribution in [0.3, 0.4) is 0 Å². The first-order chi connectivity index (χ1) is 12.4. The number of aromatic nitrogens is 2. The molecule has 0 aliphatic carbocycles. The number of carbonyl (C=O) groups is 1. The van der Waals surface area contributed by atoms with Gasteiger partial charge in [-0.2, -0.15) is 0 Å². The van der Waals surface area contributed by atoms with E-state index in [1.54, 1.807) is 44.6 Å². The number of ether oxygens (including phenoxy) is 2. The van der Waals surface area contributed by atoms with Gasteiger partial charge in [-0.25, -0.2) is 9.78 Å². The fourth-order valence-corrected chi connectivity index (χ4v) is 3.30. The van der Waals surface area contributed by atoms with Gasteiger partial charge in [-0.15, -0.1) is 0 Å². The van der Waals surface area contributed by atoms with Gasteiger partial charge in [0, 0.05) is 11.8 Å². The van der Waals surface area contributed by atoms with E-state index in [-0.39, 0.29) is 20.6 Å². The minimum absolute atomic E-state index is 0.00117. The van der Waals surface area contributed by atoms with Crippen LogP contribution in [0, 0.1) is 0 Å². The monoisotopic (exact) mass is 392 g/mol. The summed E-state index contributed by atoms with van der Waals surface area (Å²) in [6.45, 7) is 0. The van der Waals surface area contributed by atoms with Crippen LogP contribution in [0.1, 0.15) is 20.9 Å². The molecule has 0 bridgehead atoms. The van der Waals surface area contributed by atoms with Gasteiger partial charge in [-0.05, 0) is 30.4 Å². The van der Waals surface area contributed by atoms with Crippen LogP contribution < -0.4 is 15.0 Å². The van der Waals surface area contributed by atoms with Gasteiger partial charge in [-0.1, -0.05) is 22.9 Å². The van der Waals surface area contributed by atoms with Crippen LogP contribution in [0.4, 0.5) is 0 Å². The Morgan fingerprint density at radius 2 is 2.08 bits per heavy atom. The van der Waals surface area contributed by atoms with E-state index < -0.39 is 11.5 Å². The number of carboxylic acid groups (broad SMARTS) is 1. The third-order valence-electron chi connectivity index (χ3n) is 3.57. The summed E-state index contributed by atoms with van der Waals surface area (Å²) in [5, 5.41) is 8.97. The number of fused-ring (bicyclic) bond motifs is 1. The Balaban J connectivity index is 2.09. The molecule has 7 nitrogen and oxygen atoms in total. The number of benzene rings is 1. The Hall–Kier alpha value is -2.84. The molecule has 0 atom stereocenters. The second-order valence-corrected chi connectivity index (χ2v) is 6.50. The van der Waals surface area contributed by atoms with Crippen molar-refractivity contribution in [3.63, 3.8) is 0 Å². The van der Waals surface area contributed by atoms with Gasteiger partial charge < -0.3 is 14.6 Å². The van der Waals surface area contributed by atoms with Crippen molar-refractivity contribution in [2.24, 2.45) is 0 Å². The molecule has 134 valence electrons. The lowest BCUT2D eigenvalue weighted by Gasteiger charge is -2.07. The highest BCUT2D eigenvalue weighted by Crippen LogP contribution is 2.26. The van der Waals surface area contributed by atoms with Crippen molar-refractivity contribution in [1.29, 1.82) is 0 Å². The summed E-state index contributed by atoms with van der Waals surface area (Å²) in [6, 6.07) is 5.28. The first-order valence-corrected chi connectivity index (χ1v) is 8.49. The van der Waals surface area contributed by atoms with Crippen molar-refractivity contribution in [2.75, 3.05) is 14.2 Å². The standard InChI is InChI=1S/C17H13ClN2O5S/c1-24-10-4-6-12(25-2)9(7-10)3-5-11-14(18)15(21)20-8-13(16(22)23)26-17(20)19-11/h3-8H,1-2H3,(H,22,23). The van der Waals surface area contributed by atoms with Gasteiger partial charge in [0.25, 0.3) is 5.56 Å². The van der Waals surface area contributed by atoms with Gasteiger partial charge in [0.15, 0.2) is 4.96 Å². The van der Waals surface area contributed by atoms with E-state index in [9.17, 15) is 9.59 Å². The molecule has 0 aliphatic heterocycles. The summed E-state index contributed by atoms with van der Waals surface area (Å²) < 4.78 is 11.6. The fraction of sp³-hybridized carbons (Fsp3) is 0.118. The molecule has 26 heavy (non-hydrogen) atoms. The number of carboxylic acids is 1. The van der Waals surface area contributed by atoms with E-state index in [2.05, 4.69) is 4.98 Å². The molecular formula is C17H13ClN2O5S. The molecule has 0 amide bonds.